The van der Waals surface area contributed by atoms with Gasteiger partial charge in [0.2, 0.25) is 0 Å². The van der Waals surface area contributed by atoms with Crippen LogP contribution in [0.1, 0.15) is 49.3 Å². The first-order valence-corrected chi connectivity index (χ1v) is 8.45. The van der Waals surface area contributed by atoms with Crippen molar-refractivity contribution in [3.8, 4) is 0 Å². The van der Waals surface area contributed by atoms with E-state index in [1.165, 1.54) is 18.1 Å². The van der Waals surface area contributed by atoms with Gasteiger partial charge in [0.1, 0.15) is 0 Å². The lowest BCUT2D eigenvalue weighted by atomic mass is 10.0. The molecule has 0 saturated carbocycles. The molecule has 0 amide bonds. The number of rotatable bonds is 7. The van der Waals surface area contributed by atoms with Gasteiger partial charge >= 0.3 is 5.97 Å². The van der Waals surface area contributed by atoms with E-state index in [9.17, 15) is 4.79 Å². The van der Waals surface area contributed by atoms with E-state index in [2.05, 4.69) is 42.5 Å². The first-order valence-electron chi connectivity index (χ1n) is 8.45. The van der Waals surface area contributed by atoms with Gasteiger partial charge in [-0.15, -0.1) is 0 Å². The maximum atomic E-state index is 11.6. The van der Waals surface area contributed by atoms with Crippen molar-refractivity contribution in [2.75, 3.05) is 5.32 Å². The van der Waals surface area contributed by atoms with E-state index < -0.39 is 6.23 Å². The van der Waals surface area contributed by atoms with E-state index in [0.717, 1.165) is 29.7 Å². The average molecular weight is 339 g/mol. The van der Waals surface area contributed by atoms with Crippen molar-refractivity contribution in [1.82, 2.24) is 0 Å². The van der Waals surface area contributed by atoms with Gasteiger partial charge in [-0.2, -0.15) is 5.10 Å². The molecule has 25 heavy (non-hydrogen) atoms. The normalized spacial score (nSPS) is 12.1. The van der Waals surface area contributed by atoms with Gasteiger partial charge in [0.15, 0.2) is 6.23 Å². The maximum absolute atomic E-state index is 11.6. The zero-order valence-corrected chi connectivity index (χ0v) is 15.0. The Bertz CT molecular complexity index is 717. The molecule has 2 rings (SSSR count). The number of carbonyl (C=O) groups is 1. The molecular weight excluding hydrogens is 314 g/mol. The van der Waals surface area contributed by atoms with Gasteiger partial charge in [-0.1, -0.05) is 44.2 Å². The minimum Gasteiger partial charge on any atom is -0.438 e. The fourth-order valence-corrected chi connectivity index (χ4v) is 2.60. The van der Waals surface area contributed by atoms with Gasteiger partial charge in [-0.05, 0) is 41.7 Å². The zero-order valence-electron chi connectivity index (χ0n) is 15.0. The molecule has 0 bridgehead atoms. The highest BCUT2D eigenvalue weighted by molar-refractivity contribution is 5.80. The number of benzene rings is 2. The largest absolute Gasteiger partial charge is 0.438 e. The van der Waals surface area contributed by atoms with Crippen molar-refractivity contribution in [2.24, 2.45) is 10.9 Å². The van der Waals surface area contributed by atoms with E-state index >= 15 is 0 Å². The van der Waals surface area contributed by atoms with Crippen LogP contribution >= 0.6 is 0 Å². The first kappa shape index (κ1) is 18.5. The number of ether oxygens (including phenoxy) is 1. The number of anilines is 1. The summed E-state index contributed by atoms with van der Waals surface area (Å²) in [6, 6.07) is 13.9. The van der Waals surface area contributed by atoms with Gasteiger partial charge in [-0.3, -0.25) is 4.79 Å². The van der Waals surface area contributed by atoms with E-state index in [1.807, 2.05) is 24.3 Å². The molecule has 0 aliphatic heterocycles. The van der Waals surface area contributed by atoms with Crippen LogP contribution in [0.2, 0.25) is 0 Å². The van der Waals surface area contributed by atoms with E-state index in [-0.39, 0.29) is 5.97 Å². The van der Waals surface area contributed by atoms with Crippen molar-refractivity contribution < 1.29 is 9.53 Å². The lowest BCUT2D eigenvalue weighted by Crippen LogP contribution is -2.18. The van der Waals surface area contributed by atoms with Crippen molar-refractivity contribution in [2.45, 2.75) is 39.8 Å². The fourth-order valence-electron chi connectivity index (χ4n) is 2.60. The zero-order chi connectivity index (χ0) is 18.2. The Labute approximate surface area is 148 Å². The summed E-state index contributed by atoms with van der Waals surface area (Å²) in [5.74, 6) is 4.83. The monoisotopic (exact) mass is 339 g/mol. The van der Waals surface area contributed by atoms with Gasteiger partial charge in [0, 0.05) is 18.2 Å². The third-order valence-electron chi connectivity index (χ3n) is 3.91. The van der Waals surface area contributed by atoms with E-state index in [4.69, 9.17) is 10.6 Å². The molecule has 5 nitrogen and oxygen atoms in total. The molecule has 2 aromatic carbocycles. The number of nitrogens with one attached hydrogen (secondary N) is 1. The van der Waals surface area contributed by atoms with Crippen LogP contribution in [0.25, 0.3) is 0 Å². The molecule has 1 atom stereocenters. The molecule has 0 radical (unpaired) electrons. The SMILES string of the molecule is CCc1cc(CC)cc(C(Nc2ccc(C=NN)cc2)OC(C)=O)c1. The molecule has 0 aromatic heterocycles. The highest BCUT2D eigenvalue weighted by Crippen LogP contribution is 2.24. The average Bonchev–Trinajstić information content (AvgIpc) is 2.62. The Hall–Kier alpha value is -2.82. The highest BCUT2D eigenvalue weighted by atomic mass is 16.6. The van der Waals surface area contributed by atoms with Crippen LogP contribution < -0.4 is 11.2 Å². The molecular formula is C20H25N3O2. The van der Waals surface area contributed by atoms with E-state index in [0.29, 0.717) is 0 Å². The molecule has 0 aliphatic carbocycles. The van der Waals surface area contributed by atoms with Crippen LogP contribution in [-0.2, 0) is 22.4 Å². The fraction of sp³-hybridized carbons (Fsp3) is 0.300. The van der Waals surface area contributed by atoms with Crippen LogP contribution in [0.4, 0.5) is 5.69 Å². The summed E-state index contributed by atoms with van der Waals surface area (Å²) in [5.41, 5.74) is 5.14. The molecule has 1 unspecified atom stereocenters. The number of aryl methyl sites for hydroxylation is 2. The van der Waals surface area contributed by atoms with Crippen molar-refractivity contribution in [3.05, 3.63) is 64.7 Å². The van der Waals surface area contributed by atoms with Crippen LogP contribution in [0.15, 0.2) is 47.6 Å². The molecule has 0 saturated heterocycles. The quantitative estimate of drug-likeness (QED) is 0.265. The van der Waals surface area contributed by atoms with Crippen molar-refractivity contribution in [3.63, 3.8) is 0 Å². The topological polar surface area (TPSA) is 76.7 Å². The smallest absolute Gasteiger partial charge is 0.304 e. The van der Waals surface area contributed by atoms with Crippen LogP contribution in [0.3, 0.4) is 0 Å². The number of esters is 1. The Morgan fingerprint density at radius 3 is 2.24 bits per heavy atom. The number of hydrazone groups is 1. The van der Waals surface area contributed by atoms with Crippen LogP contribution in [0, 0.1) is 0 Å². The van der Waals surface area contributed by atoms with Crippen molar-refractivity contribution in [1.29, 1.82) is 0 Å². The minimum absolute atomic E-state index is 0.329. The Kier molecular flexibility index (Phi) is 6.57. The molecule has 2 aromatic rings. The summed E-state index contributed by atoms with van der Waals surface area (Å²) in [6.07, 6.45) is 2.90. The second kappa shape index (κ2) is 8.87. The molecule has 0 spiro atoms. The standard InChI is InChI=1S/C20H25N3O2/c1-4-15-10-16(5-2)12-18(11-15)20(25-14(3)24)23-19-8-6-17(7-9-19)13-22-21/h6-13,20,23H,4-5,21H2,1-3H3. The molecule has 0 fully saturated rings. The maximum Gasteiger partial charge on any atom is 0.304 e. The second-order valence-electron chi connectivity index (χ2n) is 5.82. The van der Waals surface area contributed by atoms with Gasteiger partial charge in [0.25, 0.3) is 0 Å². The lowest BCUT2D eigenvalue weighted by molar-refractivity contribution is -0.145. The number of hydrogen-bond acceptors (Lipinski definition) is 5. The minimum atomic E-state index is -0.539. The van der Waals surface area contributed by atoms with E-state index in [1.54, 1.807) is 6.21 Å². The van der Waals surface area contributed by atoms with Crippen molar-refractivity contribution >= 4 is 17.9 Å². The molecule has 3 N–H and O–H groups in total. The summed E-state index contributed by atoms with van der Waals surface area (Å²) >= 11 is 0. The molecule has 132 valence electrons. The van der Waals surface area contributed by atoms with Crippen LogP contribution in [0.5, 0.6) is 0 Å². The summed E-state index contributed by atoms with van der Waals surface area (Å²) in [7, 11) is 0. The number of carbonyl (C=O) groups excluding carboxylic acids is 1. The second-order valence-corrected chi connectivity index (χ2v) is 5.82. The van der Waals surface area contributed by atoms with Gasteiger partial charge in [0.05, 0.1) is 6.21 Å². The van der Waals surface area contributed by atoms with Crippen LogP contribution in [-0.4, -0.2) is 12.2 Å². The summed E-state index contributed by atoms with van der Waals surface area (Å²) in [6.45, 7) is 5.65. The highest BCUT2D eigenvalue weighted by Gasteiger charge is 2.16. The summed E-state index contributed by atoms with van der Waals surface area (Å²) < 4.78 is 5.52. The Morgan fingerprint density at radius 1 is 1.16 bits per heavy atom. The Balaban J connectivity index is 2.31. The summed E-state index contributed by atoms with van der Waals surface area (Å²) in [4.78, 5) is 11.6. The predicted molar refractivity (Wildman–Crippen MR) is 102 cm³/mol. The third-order valence-corrected chi connectivity index (χ3v) is 3.91. The number of nitrogens with two attached hydrogens (primary N) is 1. The summed E-state index contributed by atoms with van der Waals surface area (Å²) in [5, 5.41) is 6.79. The molecule has 5 heteroatoms. The Morgan fingerprint density at radius 2 is 1.76 bits per heavy atom. The number of nitrogens with zero attached hydrogens (tertiary/aromatic N) is 1. The third kappa shape index (κ3) is 5.35. The first-order chi connectivity index (χ1) is 12.0. The van der Waals surface area contributed by atoms with Gasteiger partial charge in [-0.25, -0.2) is 0 Å². The molecule has 0 aliphatic rings. The number of hydrogen-bond donors (Lipinski definition) is 2. The lowest BCUT2D eigenvalue weighted by Gasteiger charge is -2.21. The van der Waals surface area contributed by atoms with Gasteiger partial charge < -0.3 is 15.9 Å². The predicted octanol–water partition coefficient (Wildman–Crippen LogP) is 3.78. The molecule has 0 heterocycles.